The lowest BCUT2D eigenvalue weighted by atomic mass is 10.0. The van der Waals surface area contributed by atoms with Crippen LogP contribution >= 0.6 is 0 Å². The summed E-state index contributed by atoms with van der Waals surface area (Å²) in [7, 11) is 0. The second kappa shape index (κ2) is 5.64. The summed E-state index contributed by atoms with van der Waals surface area (Å²) in [6.45, 7) is 1.51. The standard InChI is InChI=1S/C15H15F3N2O2/c16-15(17,18)13-4-2-1-3-11(13)12-9-22-20(14(12)21)10-5-7-19-8-6-10/h1-4,9-10,19H,5-8H2. The van der Waals surface area contributed by atoms with E-state index in [9.17, 15) is 18.0 Å². The predicted octanol–water partition coefficient (Wildman–Crippen LogP) is 3.05. The Morgan fingerprint density at radius 2 is 1.82 bits per heavy atom. The molecule has 0 radical (unpaired) electrons. The van der Waals surface area contributed by atoms with Crippen LogP contribution in [-0.2, 0) is 6.18 Å². The second-order valence-electron chi connectivity index (χ2n) is 5.29. The lowest BCUT2D eigenvalue weighted by molar-refractivity contribution is -0.137. The van der Waals surface area contributed by atoms with Crippen LogP contribution in [0.3, 0.4) is 0 Å². The van der Waals surface area contributed by atoms with E-state index in [1.807, 2.05) is 0 Å². The van der Waals surface area contributed by atoms with Crippen LogP contribution in [0.4, 0.5) is 13.2 Å². The Bertz CT molecular complexity index is 712. The summed E-state index contributed by atoms with van der Waals surface area (Å²) in [5.41, 5.74) is -1.53. The van der Waals surface area contributed by atoms with Crippen LogP contribution in [0.15, 0.2) is 39.8 Å². The lowest BCUT2D eigenvalue weighted by Crippen LogP contribution is -2.32. The number of hydrogen-bond acceptors (Lipinski definition) is 3. The highest BCUT2D eigenvalue weighted by molar-refractivity contribution is 5.66. The molecule has 1 aliphatic rings. The van der Waals surface area contributed by atoms with Crippen molar-refractivity contribution < 1.29 is 17.7 Å². The van der Waals surface area contributed by atoms with E-state index in [-0.39, 0.29) is 17.2 Å². The quantitative estimate of drug-likeness (QED) is 0.927. The number of piperidine rings is 1. The normalized spacial score (nSPS) is 16.9. The fourth-order valence-corrected chi connectivity index (χ4v) is 2.76. The maximum Gasteiger partial charge on any atom is 0.417 e. The van der Waals surface area contributed by atoms with Gasteiger partial charge in [0.1, 0.15) is 6.26 Å². The number of nitrogens with one attached hydrogen (secondary N) is 1. The molecule has 0 bridgehead atoms. The summed E-state index contributed by atoms with van der Waals surface area (Å²) in [5.74, 6) is 0. The average Bonchev–Trinajstić information content (AvgIpc) is 2.89. The molecule has 2 heterocycles. The lowest BCUT2D eigenvalue weighted by Gasteiger charge is -2.21. The molecular weight excluding hydrogens is 297 g/mol. The third-order valence-electron chi connectivity index (χ3n) is 3.88. The third-order valence-corrected chi connectivity index (χ3v) is 3.88. The molecule has 3 rings (SSSR count). The molecule has 0 atom stereocenters. The van der Waals surface area contributed by atoms with Gasteiger partial charge in [-0.15, -0.1) is 0 Å². The van der Waals surface area contributed by atoms with E-state index in [4.69, 9.17) is 4.52 Å². The number of alkyl halides is 3. The van der Waals surface area contributed by atoms with Gasteiger partial charge in [0, 0.05) is 5.56 Å². The van der Waals surface area contributed by atoms with Crippen molar-refractivity contribution in [3.8, 4) is 11.1 Å². The van der Waals surface area contributed by atoms with Gasteiger partial charge < -0.3 is 9.84 Å². The average molecular weight is 312 g/mol. The van der Waals surface area contributed by atoms with Crippen LogP contribution in [0.5, 0.6) is 0 Å². The van der Waals surface area contributed by atoms with Crippen molar-refractivity contribution in [1.82, 2.24) is 10.1 Å². The van der Waals surface area contributed by atoms with Crippen LogP contribution in [0, 0.1) is 0 Å². The molecule has 0 saturated carbocycles. The summed E-state index contributed by atoms with van der Waals surface area (Å²) < 4.78 is 45.7. The molecule has 22 heavy (non-hydrogen) atoms. The van der Waals surface area contributed by atoms with Gasteiger partial charge in [0.2, 0.25) is 0 Å². The Morgan fingerprint density at radius 3 is 2.50 bits per heavy atom. The van der Waals surface area contributed by atoms with Gasteiger partial charge in [0.25, 0.3) is 5.56 Å². The molecule has 1 aromatic heterocycles. The number of hydrogen-bond donors (Lipinski definition) is 1. The Balaban J connectivity index is 2.04. The Morgan fingerprint density at radius 1 is 1.14 bits per heavy atom. The fourth-order valence-electron chi connectivity index (χ4n) is 2.76. The molecule has 0 spiro atoms. The van der Waals surface area contributed by atoms with Crippen molar-refractivity contribution in [3.63, 3.8) is 0 Å². The molecule has 0 amide bonds. The second-order valence-corrected chi connectivity index (χ2v) is 5.29. The highest BCUT2D eigenvalue weighted by atomic mass is 19.4. The van der Waals surface area contributed by atoms with Crippen LogP contribution < -0.4 is 10.9 Å². The van der Waals surface area contributed by atoms with Gasteiger partial charge in [0.05, 0.1) is 17.2 Å². The number of aromatic nitrogens is 1. The van der Waals surface area contributed by atoms with Crippen LogP contribution in [0.25, 0.3) is 11.1 Å². The Hall–Kier alpha value is -2.02. The number of benzene rings is 1. The third kappa shape index (κ3) is 2.68. The highest BCUT2D eigenvalue weighted by Gasteiger charge is 2.34. The van der Waals surface area contributed by atoms with E-state index in [2.05, 4.69) is 5.32 Å². The highest BCUT2D eigenvalue weighted by Crippen LogP contribution is 2.36. The molecule has 1 fully saturated rings. The van der Waals surface area contributed by atoms with E-state index < -0.39 is 17.3 Å². The molecule has 118 valence electrons. The smallest absolute Gasteiger partial charge is 0.383 e. The minimum absolute atomic E-state index is 0.0496. The van der Waals surface area contributed by atoms with Crippen LogP contribution in [0.2, 0.25) is 0 Å². The maximum absolute atomic E-state index is 13.1. The molecule has 1 aromatic carbocycles. The largest absolute Gasteiger partial charge is 0.417 e. The van der Waals surface area contributed by atoms with Crippen LogP contribution in [-0.4, -0.2) is 17.8 Å². The summed E-state index contributed by atoms with van der Waals surface area (Å²) in [5, 5.41) is 3.17. The summed E-state index contributed by atoms with van der Waals surface area (Å²) >= 11 is 0. The first-order chi connectivity index (χ1) is 10.5. The molecule has 1 aliphatic heterocycles. The zero-order valence-electron chi connectivity index (χ0n) is 11.7. The summed E-state index contributed by atoms with van der Waals surface area (Å²) in [4.78, 5) is 12.4. The van der Waals surface area contributed by atoms with Crippen molar-refractivity contribution in [2.45, 2.75) is 25.1 Å². The zero-order valence-corrected chi connectivity index (χ0v) is 11.7. The van der Waals surface area contributed by atoms with Gasteiger partial charge in [-0.3, -0.25) is 4.79 Å². The van der Waals surface area contributed by atoms with E-state index in [1.165, 1.54) is 22.9 Å². The molecular formula is C15H15F3N2O2. The molecule has 1 N–H and O–H groups in total. The van der Waals surface area contributed by atoms with Gasteiger partial charge in [0.15, 0.2) is 0 Å². The summed E-state index contributed by atoms with van der Waals surface area (Å²) in [6.07, 6.45) is -1.96. The SMILES string of the molecule is O=c1c(-c2ccccc2C(F)(F)F)con1C1CCNCC1. The van der Waals surface area contributed by atoms with Crippen molar-refractivity contribution in [2.24, 2.45) is 0 Å². The van der Waals surface area contributed by atoms with E-state index in [1.54, 1.807) is 0 Å². The first kappa shape index (κ1) is 14.9. The minimum Gasteiger partial charge on any atom is -0.383 e. The predicted molar refractivity (Wildman–Crippen MR) is 74.5 cm³/mol. The van der Waals surface area contributed by atoms with Crippen molar-refractivity contribution in [1.29, 1.82) is 0 Å². The monoisotopic (exact) mass is 312 g/mol. The van der Waals surface area contributed by atoms with Gasteiger partial charge in [-0.1, -0.05) is 18.2 Å². The van der Waals surface area contributed by atoms with Crippen molar-refractivity contribution in [2.75, 3.05) is 13.1 Å². The Labute approximate surface area is 124 Å². The molecule has 1 saturated heterocycles. The van der Waals surface area contributed by atoms with Crippen molar-refractivity contribution in [3.05, 3.63) is 46.4 Å². The van der Waals surface area contributed by atoms with Gasteiger partial charge >= 0.3 is 6.18 Å². The maximum atomic E-state index is 13.1. The van der Waals surface area contributed by atoms with Gasteiger partial charge in [-0.2, -0.15) is 17.9 Å². The van der Waals surface area contributed by atoms with Gasteiger partial charge in [-0.05, 0) is 32.0 Å². The Kier molecular flexibility index (Phi) is 3.82. The van der Waals surface area contributed by atoms with E-state index in [0.29, 0.717) is 12.8 Å². The minimum atomic E-state index is -4.51. The number of rotatable bonds is 2. The molecule has 0 aliphatic carbocycles. The first-order valence-electron chi connectivity index (χ1n) is 7.06. The fraction of sp³-hybridized carbons (Fsp3) is 0.400. The van der Waals surface area contributed by atoms with Crippen molar-refractivity contribution >= 4 is 0 Å². The molecule has 0 unspecified atom stereocenters. The topological polar surface area (TPSA) is 47.2 Å². The van der Waals surface area contributed by atoms with E-state index in [0.717, 1.165) is 25.4 Å². The first-order valence-corrected chi connectivity index (χ1v) is 7.06. The van der Waals surface area contributed by atoms with Gasteiger partial charge in [-0.25, -0.2) is 0 Å². The van der Waals surface area contributed by atoms with Crippen LogP contribution in [0.1, 0.15) is 24.4 Å². The number of nitrogens with zero attached hydrogens (tertiary/aromatic N) is 1. The molecule has 2 aromatic rings. The molecule has 4 nitrogen and oxygen atoms in total. The number of halogens is 3. The molecule has 7 heteroatoms. The zero-order chi connectivity index (χ0) is 15.7. The summed E-state index contributed by atoms with van der Waals surface area (Å²) in [6, 6.07) is 4.93. The van der Waals surface area contributed by atoms with E-state index >= 15 is 0 Å².